The van der Waals surface area contributed by atoms with E-state index in [1.807, 2.05) is 26.0 Å². The van der Waals surface area contributed by atoms with Crippen molar-refractivity contribution in [2.75, 3.05) is 18.0 Å². The summed E-state index contributed by atoms with van der Waals surface area (Å²) in [7, 11) is 0. The van der Waals surface area contributed by atoms with Gasteiger partial charge in [0.1, 0.15) is 23.5 Å². The maximum absolute atomic E-state index is 6.02. The van der Waals surface area contributed by atoms with Crippen LogP contribution >= 0.6 is 23.2 Å². The average Bonchev–Trinajstić information content (AvgIpc) is 2.90. The van der Waals surface area contributed by atoms with Gasteiger partial charge in [0.15, 0.2) is 0 Å². The van der Waals surface area contributed by atoms with Crippen molar-refractivity contribution in [2.45, 2.75) is 26.4 Å². The smallest absolute Gasteiger partial charge is 0.132 e. The van der Waals surface area contributed by atoms with Crippen LogP contribution in [0, 0.1) is 13.8 Å². The van der Waals surface area contributed by atoms with Crippen LogP contribution in [0.2, 0.25) is 10.0 Å². The van der Waals surface area contributed by atoms with Gasteiger partial charge in [-0.2, -0.15) is 0 Å². The van der Waals surface area contributed by atoms with Gasteiger partial charge in [-0.05, 0) is 26.0 Å². The number of benzene rings is 1. The fourth-order valence-corrected chi connectivity index (χ4v) is 2.92. The van der Waals surface area contributed by atoms with Crippen molar-refractivity contribution in [1.82, 2.24) is 9.97 Å². The molecule has 4 nitrogen and oxygen atoms in total. The zero-order chi connectivity index (χ0) is 15.7. The van der Waals surface area contributed by atoms with Gasteiger partial charge >= 0.3 is 0 Å². The van der Waals surface area contributed by atoms with E-state index in [2.05, 4.69) is 14.9 Å². The van der Waals surface area contributed by atoms with Gasteiger partial charge in [0.25, 0.3) is 0 Å². The monoisotopic (exact) mass is 337 g/mol. The van der Waals surface area contributed by atoms with Crippen molar-refractivity contribution < 1.29 is 4.74 Å². The molecule has 1 aliphatic rings. The predicted molar refractivity (Wildman–Crippen MR) is 89.2 cm³/mol. The molecule has 0 bridgehead atoms. The lowest BCUT2D eigenvalue weighted by atomic mass is 10.3. The second kappa shape index (κ2) is 6.31. The number of aromatic nitrogens is 2. The number of nitrogens with zero attached hydrogens (tertiary/aromatic N) is 3. The standard InChI is InChI=1S/C16H17Cl2N3O/c1-10-7-16(20-11(2)19-10)21-6-5-13(9-21)22-12-3-4-14(17)15(18)8-12/h3-4,7-8,13H,5-6,9H2,1-2H3. The number of hydrogen-bond donors (Lipinski definition) is 0. The molecule has 1 unspecified atom stereocenters. The highest BCUT2D eigenvalue weighted by molar-refractivity contribution is 6.42. The Labute approximate surface area is 140 Å². The summed E-state index contributed by atoms with van der Waals surface area (Å²) in [6.07, 6.45) is 1.07. The van der Waals surface area contributed by atoms with E-state index in [0.29, 0.717) is 10.0 Å². The van der Waals surface area contributed by atoms with Crippen molar-refractivity contribution in [3.63, 3.8) is 0 Å². The number of ether oxygens (including phenoxy) is 1. The molecule has 0 saturated carbocycles. The average molecular weight is 338 g/mol. The first-order chi connectivity index (χ1) is 10.5. The Hall–Kier alpha value is -1.52. The molecule has 0 radical (unpaired) electrons. The van der Waals surface area contributed by atoms with Crippen molar-refractivity contribution in [3.05, 3.63) is 45.8 Å². The van der Waals surface area contributed by atoms with E-state index < -0.39 is 0 Å². The summed E-state index contributed by atoms with van der Waals surface area (Å²) in [6, 6.07) is 7.36. The molecule has 0 N–H and O–H groups in total. The van der Waals surface area contributed by atoms with Gasteiger partial charge in [0, 0.05) is 30.8 Å². The number of aryl methyl sites for hydroxylation is 2. The van der Waals surface area contributed by atoms with Crippen LogP contribution in [0.3, 0.4) is 0 Å². The Morgan fingerprint density at radius 1 is 1.14 bits per heavy atom. The minimum absolute atomic E-state index is 0.118. The number of hydrogen-bond acceptors (Lipinski definition) is 4. The molecule has 0 aliphatic carbocycles. The Bertz CT molecular complexity index is 673. The van der Waals surface area contributed by atoms with Crippen molar-refractivity contribution >= 4 is 29.0 Å². The highest BCUT2D eigenvalue weighted by Crippen LogP contribution is 2.28. The van der Waals surface area contributed by atoms with Crippen molar-refractivity contribution in [2.24, 2.45) is 0 Å². The van der Waals surface area contributed by atoms with Crippen LogP contribution in [0.5, 0.6) is 5.75 Å². The molecule has 1 aliphatic heterocycles. The molecule has 1 aromatic heterocycles. The fraction of sp³-hybridized carbons (Fsp3) is 0.375. The van der Waals surface area contributed by atoms with Gasteiger partial charge in [-0.1, -0.05) is 23.2 Å². The lowest BCUT2D eigenvalue weighted by Gasteiger charge is -2.19. The first-order valence-corrected chi connectivity index (χ1v) is 7.96. The lowest BCUT2D eigenvalue weighted by Crippen LogP contribution is -2.25. The van der Waals surface area contributed by atoms with Gasteiger partial charge in [-0.15, -0.1) is 0 Å². The van der Waals surface area contributed by atoms with Crippen molar-refractivity contribution in [3.8, 4) is 5.75 Å². The molecule has 1 saturated heterocycles. The summed E-state index contributed by atoms with van der Waals surface area (Å²) < 4.78 is 6.00. The summed E-state index contributed by atoms with van der Waals surface area (Å²) in [5.74, 6) is 2.50. The zero-order valence-corrected chi connectivity index (χ0v) is 14.0. The molecule has 6 heteroatoms. The summed E-state index contributed by atoms with van der Waals surface area (Å²) in [6.45, 7) is 5.62. The summed E-state index contributed by atoms with van der Waals surface area (Å²) in [4.78, 5) is 11.0. The van der Waals surface area contributed by atoms with Crippen LogP contribution in [0.1, 0.15) is 17.9 Å². The van der Waals surface area contributed by atoms with E-state index in [4.69, 9.17) is 27.9 Å². The number of rotatable bonds is 3. The third kappa shape index (κ3) is 3.45. The zero-order valence-electron chi connectivity index (χ0n) is 12.5. The van der Waals surface area contributed by atoms with Crippen LogP contribution in [-0.2, 0) is 0 Å². The second-order valence-electron chi connectivity index (χ2n) is 5.47. The Kier molecular flexibility index (Phi) is 4.41. The van der Waals surface area contributed by atoms with Crippen LogP contribution in [0.15, 0.2) is 24.3 Å². The Morgan fingerprint density at radius 3 is 2.68 bits per heavy atom. The van der Waals surface area contributed by atoms with Crippen LogP contribution in [-0.4, -0.2) is 29.2 Å². The van der Waals surface area contributed by atoms with Gasteiger partial charge in [-0.25, -0.2) is 9.97 Å². The number of halogens is 2. The van der Waals surface area contributed by atoms with Gasteiger partial charge < -0.3 is 9.64 Å². The third-order valence-corrected chi connectivity index (χ3v) is 4.35. The molecular formula is C16H17Cl2N3O. The van der Waals surface area contributed by atoms with E-state index in [1.54, 1.807) is 12.1 Å². The fourth-order valence-electron chi connectivity index (χ4n) is 2.63. The molecule has 116 valence electrons. The van der Waals surface area contributed by atoms with Gasteiger partial charge in [0.2, 0.25) is 0 Å². The normalized spacial score (nSPS) is 17.8. The highest BCUT2D eigenvalue weighted by atomic mass is 35.5. The quantitative estimate of drug-likeness (QED) is 0.846. The first-order valence-electron chi connectivity index (χ1n) is 7.20. The molecule has 0 amide bonds. The second-order valence-corrected chi connectivity index (χ2v) is 6.28. The SMILES string of the molecule is Cc1cc(N2CCC(Oc3ccc(Cl)c(Cl)c3)C2)nc(C)n1. The molecule has 0 spiro atoms. The minimum Gasteiger partial charge on any atom is -0.488 e. The topological polar surface area (TPSA) is 38.2 Å². The van der Waals surface area contributed by atoms with Crippen LogP contribution in [0.4, 0.5) is 5.82 Å². The Morgan fingerprint density at radius 2 is 1.95 bits per heavy atom. The van der Waals surface area contributed by atoms with Crippen LogP contribution in [0.25, 0.3) is 0 Å². The van der Waals surface area contributed by atoms with E-state index in [-0.39, 0.29) is 6.10 Å². The molecule has 22 heavy (non-hydrogen) atoms. The Balaban J connectivity index is 1.68. The number of anilines is 1. The largest absolute Gasteiger partial charge is 0.488 e. The summed E-state index contributed by atoms with van der Waals surface area (Å²) in [5, 5.41) is 1.05. The molecule has 2 heterocycles. The highest BCUT2D eigenvalue weighted by Gasteiger charge is 2.25. The lowest BCUT2D eigenvalue weighted by molar-refractivity contribution is 0.225. The molecule has 1 aromatic carbocycles. The van der Waals surface area contributed by atoms with E-state index in [1.165, 1.54) is 0 Å². The van der Waals surface area contributed by atoms with Crippen LogP contribution < -0.4 is 9.64 Å². The predicted octanol–water partition coefficient (Wildman–Crippen LogP) is 4.06. The summed E-state index contributed by atoms with van der Waals surface area (Å²) >= 11 is 11.9. The maximum atomic E-state index is 6.02. The van der Waals surface area contributed by atoms with E-state index in [9.17, 15) is 0 Å². The first kappa shape index (κ1) is 15.4. The molecule has 3 rings (SSSR count). The van der Waals surface area contributed by atoms with Gasteiger partial charge in [0.05, 0.1) is 16.6 Å². The third-order valence-electron chi connectivity index (χ3n) is 3.62. The minimum atomic E-state index is 0.118. The van der Waals surface area contributed by atoms with Crippen molar-refractivity contribution in [1.29, 1.82) is 0 Å². The molecule has 1 fully saturated rings. The molecular weight excluding hydrogens is 321 g/mol. The van der Waals surface area contributed by atoms with E-state index in [0.717, 1.165) is 42.6 Å². The maximum Gasteiger partial charge on any atom is 0.132 e. The van der Waals surface area contributed by atoms with Gasteiger partial charge in [-0.3, -0.25) is 0 Å². The van der Waals surface area contributed by atoms with E-state index >= 15 is 0 Å². The summed E-state index contributed by atoms with van der Waals surface area (Å²) in [5.41, 5.74) is 0.983. The molecule has 2 aromatic rings. The molecule has 1 atom stereocenters.